The fourth-order valence-electron chi connectivity index (χ4n) is 4.28. The van der Waals surface area contributed by atoms with Gasteiger partial charge in [0.2, 0.25) is 11.8 Å². The number of benzene rings is 2. The van der Waals surface area contributed by atoms with E-state index in [1.165, 1.54) is 0 Å². The molecule has 1 atom stereocenters. The molecule has 0 aliphatic heterocycles. The second-order valence-corrected chi connectivity index (χ2v) is 8.26. The second-order valence-electron chi connectivity index (χ2n) is 8.26. The molecule has 31 heavy (non-hydrogen) atoms. The molecule has 0 heterocycles. The lowest BCUT2D eigenvalue weighted by atomic mass is 10.1. The zero-order valence-corrected chi connectivity index (χ0v) is 18.7. The number of methoxy groups -OCH3 is 1. The molecule has 2 amide bonds. The van der Waals surface area contributed by atoms with Gasteiger partial charge in [0.15, 0.2) is 0 Å². The lowest BCUT2D eigenvalue weighted by Gasteiger charge is -2.31. The van der Waals surface area contributed by atoms with Crippen molar-refractivity contribution in [1.82, 2.24) is 10.2 Å². The fraction of sp³-hybridized carbons (Fsp3) is 0.462. The molecule has 0 radical (unpaired) electrons. The number of carbonyl (C=O) groups excluding carboxylic acids is 2. The highest BCUT2D eigenvalue weighted by Crippen LogP contribution is 2.19. The van der Waals surface area contributed by atoms with Gasteiger partial charge >= 0.3 is 0 Å². The van der Waals surface area contributed by atoms with E-state index in [0.29, 0.717) is 13.0 Å². The van der Waals surface area contributed by atoms with Crippen molar-refractivity contribution in [3.05, 3.63) is 65.7 Å². The molecule has 5 nitrogen and oxygen atoms in total. The van der Waals surface area contributed by atoms with Gasteiger partial charge in [-0.25, -0.2) is 0 Å². The van der Waals surface area contributed by atoms with E-state index in [4.69, 9.17) is 4.74 Å². The van der Waals surface area contributed by atoms with Crippen LogP contribution in [0.25, 0.3) is 0 Å². The molecule has 0 spiro atoms. The minimum Gasteiger partial charge on any atom is -0.497 e. The van der Waals surface area contributed by atoms with Crippen LogP contribution in [0.4, 0.5) is 0 Å². The van der Waals surface area contributed by atoms with E-state index in [-0.39, 0.29) is 24.3 Å². The van der Waals surface area contributed by atoms with E-state index >= 15 is 0 Å². The summed E-state index contributed by atoms with van der Waals surface area (Å²) in [6, 6.07) is 17.5. The van der Waals surface area contributed by atoms with Gasteiger partial charge in [0.25, 0.3) is 0 Å². The van der Waals surface area contributed by atoms with Crippen LogP contribution < -0.4 is 10.1 Å². The Balaban J connectivity index is 1.73. The minimum absolute atomic E-state index is 0.0190. The molecule has 0 aromatic heterocycles. The Kier molecular flexibility index (Phi) is 8.51. The minimum atomic E-state index is -0.449. The molecule has 2 aromatic rings. The first-order chi connectivity index (χ1) is 15.1. The molecule has 5 heteroatoms. The van der Waals surface area contributed by atoms with E-state index in [0.717, 1.165) is 49.0 Å². The SMILES string of the molecule is CCC(C(=O)NC1CCCC1)N(CCc1ccccc1)C(=O)Cc1ccc(OC)cc1. The lowest BCUT2D eigenvalue weighted by Crippen LogP contribution is -2.52. The van der Waals surface area contributed by atoms with Crippen LogP contribution in [0.1, 0.15) is 50.2 Å². The van der Waals surface area contributed by atoms with Crippen LogP contribution in [0, 0.1) is 0 Å². The van der Waals surface area contributed by atoms with Gasteiger partial charge in [-0.1, -0.05) is 62.2 Å². The maximum Gasteiger partial charge on any atom is 0.243 e. The van der Waals surface area contributed by atoms with Crippen molar-refractivity contribution in [2.75, 3.05) is 13.7 Å². The molecule has 0 bridgehead atoms. The maximum absolute atomic E-state index is 13.3. The van der Waals surface area contributed by atoms with Gasteiger partial charge in [0.1, 0.15) is 11.8 Å². The molecule has 2 aromatic carbocycles. The van der Waals surface area contributed by atoms with Gasteiger partial charge in [0.05, 0.1) is 13.5 Å². The first kappa shape index (κ1) is 22.9. The van der Waals surface area contributed by atoms with Gasteiger partial charge in [-0.3, -0.25) is 9.59 Å². The molecule has 1 aliphatic rings. The fourth-order valence-corrected chi connectivity index (χ4v) is 4.28. The van der Waals surface area contributed by atoms with Gasteiger partial charge < -0.3 is 15.0 Å². The highest BCUT2D eigenvalue weighted by Gasteiger charge is 2.30. The van der Waals surface area contributed by atoms with Crippen molar-refractivity contribution in [2.24, 2.45) is 0 Å². The largest absolute Gasteiger partial charge is 0.497 e. The highest BCUT2D eigenvalue weighted by atomic mass is 16.5. The number of hydrogen-bond donors (Lipinski definition) is 1. The molecule has 1 unspecified atom stereocenters. The molecular weight excluding hydrogens is 388 g/mol. The topological polar surface area (TPSA) is 58.6 Å². The molecule has 1 aliphatic carbocycles. The third kappa shape index (κ3) is 6.58. The summed E-state index contributed by atoms with van der Waals surface area (Å²) in [5, 5.41) is 3.19. The Hall–Kier alpha value is -2.82. The van der Waals surface area contributed by atoms with Crippen LogP contribution in [-0.2, 0) is 22.4 Å². The lowest BCUT2D eigenvalue weighted by molar-refractivity contribution is -0.140. The standard InChI is InChI=1S/C26H34N2O3/c1-3-24(26(30)27-22-11-7-8-12-22)28(18-17-20-9-5-4-6-10-20)25(29)19-21-13-15-23(31-2)16-14-21/h4-6,9-10,13-16,22,24H,3,7-8,11-12,17-19H2,1-2H3,(H,27,30). The summed E-state index contributed by atoms with van der Waals surface area (Å²) in [6.07, 6.45) is 5.99. The summed E-state index contributed by atoms with van der Waals surface area (Å²) >= 11 is 0. The van der Waals surface area contributed by atoms with Gasteiger partial charge in [0, 0.05) is 12.6 Å². The van der Waals surface area contributed by atoms with E-state index < -0.39 is 6.04 Å². The third-order valence-electron chi connectivity index (χ3n) is 6.09. The summed E-state index contributed by atoms with van der Waals surface area (Å²) in [6.45, 7) is 2.50. The van der Waals surface area contributed by atoms with Crippen molar-refractivity contribution in [1.29, 1.82) is 0 Å². The first-order valence-corrected chi connectivity index (χ1v) is 11.4. The summed E-state index contributed by atoms with van der Waals surface area (Å²) in [5.74, 6) is 0.722. The second kappa shape index (κ2) is 11.5. The predicted octanol–water partition coefficient (Wildman–Crippen LogP) is 4.15. The molecule has 1 fully saturated rings. The quantitative estimate of drug-likeness (QED) is 0.626. The number of rotatable bonds is 10. The molecular formula is C26H34N2O3. The number of ether oxygens (including phenoxy) is 1. The van der Waals surface area contributed by atoms with Crippen molar-refractivity contribution in [2.45, 2.75) is 64.0 Å². The van der Waals surface area contributed by atoms with E-state index in [1.807, 2.05) is 49.4 Å². The average molecular weight is 423 g/mol. The van der Waals surface area contributed by atoms with Crippen LogP contribution in [-0.4, -0.2) is 42.5 Å². The van der Waals surface area contributed by atoms with Crippen LogP contribution in [0.5, 0.6) is 5.75 Å². The molecule has 3 rings (SSSR count). The van der Waals surface area contributed by atoms with Crippen molar-refractivity contribution < 1.29 is 14.3 Å². The molecule has 1 saturated carbocycles. The van der Waals surface area contributed by atoms with Gasteiger partial charge in [-0.2, -0.15) is 0 Å². The Morgan fingerprint density at radius 2 is 1.71 bits per heavy atom. The summed E-state index contributed by atoms with van der Waals surface area (Å²) in [4.78, 5) is 28.2. The summed E-state index contributed by atoms with van der Waals surface area (Å²) in [5.41, 5.74) is 2.08. The average Bonchev–Trinajstić information content (AvgIpc) is 3.30. The summed E-state index contributed by atoms with van der Waals surface area (Å²) < 4.78 is 5.21. The van der Waals surface area contributed by atoms with Crippen LogP contribution >= 0.6 is 0 Å². The van der Waals surface area contributed by atoms with Crippen molar-refractivity contribution in [3.63, 3.8) is 0 Å². The predicted molar refractivity (Wildman–Crippen MR) is 123 cm³/mol. The number of nitrogens with zero attached hydrogens (tertiary/aromatic N) is 1. The number of carbonyl (C=O) groups is 2. The Bertz CT molecular complexity index is 829. The van der Waals surface area contributed by atoms with Crippen molar-refractivity contribution in [3.8, 4) is 5.75 Å². The Labute approximate surface area is 185 Å². The van der Waals surface area contributed by atoms with Crippen LogP contribution in [0.15, 0.2) is 54.6 Å². The Morgan fingerprint density at radius 1 is 1.03 bits per heavy atom. The molecule has 0 saturated heterocycles. The van der Waals surface area contributed by atoms with Crippen LogP contribution in [0.3, 0.4) is 0 Å². The zero-order chi connectivity index (χ0) is 22.1. The van der Waals surface area contributed by atoms with Crippen molar-refractivity contribution >= 4 is 11.8 Å². The van der Waals surface area contributed by atoms with E-state index in [1.54, 1.807) is 12.0 Å². The zero-order valence-electron chi connectivity index (χ0n) is 18.7. The smallest absolute Gasteiger partial charge is 0.243 e. The monoisotopic (exact) mass is 422 g/mol. The molecule has 166 valence electrons. The summed E-state index contributed by atoms with van der Waals surface area (Å²) in [7, 11) is 1.63. The van der Waals surface area contributed by atoms with Gasteiger partial charge in [-0.15, -0.1) is 0 Å². The first-order valence-electron chi connectivity index (χ1n) is 11.4. The molecule has 1 N–H and O–H groups in total. The normalized spacial score (nSPS) is 14.8. The van der Waals surface area contributed by atoms with E-state index in [9.17, 15) is 9.59 Å². The maximum atomic E-state index is 13.3. The number of nitrogens with one attached hydrogen (secondary N) is 1. The Morgan fingerprint density at radius 3 is 2.32 bits per heavy atom. The third-order valence-corrected chi connectivity index (χ3v) is 6.09. The highest BCUT2D eigenvalue weighted by molar-refractivity contribution is 5.88. The van der Waals surface area contributed by atoms with E-state index in [2.05, 4.69) is 17.4 Å². The number of hydrogen-bond acceptors (Lipinski definition) is 3. The van der Waals surface area contributed by atoms with Crippen LogP contribution in [0.2, 0.25) is 0 Å². The van der Waals surface area contributed by atoms with Gasteiger partial charge in [-0.05, 0) is 48.9 Å². The number of amides is 2.